The Balaban J connectivity index is 1.32. The average Bonchev–Trinajstić information content (AvgIpc) is 3.47. The SMILES string of the molecule is Cn1nc(C(=O)N2CCCC2)c2c1CC[C@@H](NCC1(c3ccccc3)CCCCC1)C2. The van der Waals surface area contributed by atoms with Gasteiger partial charge in [-0.3, -0.25) is 9.48 Å². The molecule has 31 heavy (non-hydrogen) atoms. The predicted molar refractivity (Wildman–Crippen MR) is 123 cm³/mol. The summed E-state index contributed by atoms with van der Waals surface area (Å²) in [5.74, 6) is 0.142. The molecular formula is C26H36N4O. The molecular weight excluding hydrogens is 384 g/mol. The van der Waals surface area contributed by atoms with Crippen LogP contribution < -0.4 is 5.32 Å². The van der Waals surface area contributed by atoms with E-state index < -0.39 is 0 Å². The molecule has 1 aliphatic heterocycles. The molecule has 1 saturated heterocycles. The summed E-state index contributed by atoms with van der Waals surface area (Å²) >= 11 is 0. The Morgan fingerprint density at radius 1 is 1.10 bits per heavy atom. The molecule has 2 heterocycles. The van der Waals surface area contributed by atoms with Crippen LogP contribution in [0.15, 0.2) is 30.3 Å². The number of hydrogen-bond donors (Lipinski definition) is 1. The molecule has 0 bridgehead atoms. The van der Waals surface area contributed by atoms with Gasteiger partial charge in [-0.25, -0.2) is 0 Å². The van der Waals surface area contributed by atoms with Crippen LogP contribution in [0.1, 0.15) is 78.7 Å². The van der Waals surface area contributed by atoms with Crippen LogP contribution >= 0.6 is 0 Å². The van der Waals surface area contributed by atoms with E-state index in [0.29, 0.717) is 11.7 Å². The first-order valence-electron chi connectivity index (χ1n) is 12.3. The van der Waals surface area contributed by atoms with Crippen molar-refractivity contribution in [1.82, 2.24) is 20.0 Å². The second-order valence-electron chi connectivity index (χ2n) is 9.92. The number of carbonyl (C=O) groups is 1. The molecule has 2 aromatic rings. The molecule has 2 fully saturated rings. The Labute approximate surface area is 186 Å². The molecule has 3 aliphatic rings. The zero-order chi connectivity index (χ0) is 21.3. The molecule has 0 unspecified atom stereocenters. The van der Waals surface area contributed by atoms with E-state index in [9.17, 15) is 4.79 Å². The van der Waals surface area contributed by atoms with Crippen LogP contribution in [0.2, 0.25) is 0 Å². The van der Waals surface area contributed by atoms with Gasteiger partial charge in [0.1, 0.15) is 0 Å². The summed E-state index contributed by atoms with van der Waals surface area (Å²) in [5, 5.41) is 8.63. The molecule has 166 valence electrons. The number of carbonyl (C=O) groups excluding carboxylic acids is 1. The molecule has 1 atom stereocenters. The fraction of sp³-hybridized carbons (Fsp3) is 0.615. The highest BCUT2D eigenvalue weighted by molar-refractivity contribution is 5.94. The molecule has 0 spiro atoms. The fourth-order valence-electron chi connectivity index (χ4n) is 6.13. The number of aryl methyl sites for hydroxylation is 1. The fourth-order valence-corrected chi connectivity index (χ4v) is 6.13. The summed E-state index contributed by atoms with van der Waals surface area (Å²) in [4.78, 5) is 15.1. The van der Waals surface area contributed by atoms with E-state index in [0.717, 1.165) is 51.7 Å². The van der Waals surface area contributed by atoms with Gasteiger partial charge in [-0.2, -0.15) is 5.10 Å². The topological polar surface area (TPSA) is 50.2 Å². The number of fused-ring (bicyclic) bond motifs is 1. The van der Waals surface area contributed by atoms with E-state index in [-0.39, 0.29) is 11.3 Å². The number of nitrogens with zero attached hydrogens (tertiary/aromatic N) is 3. The van der Waals surface area contributed by atoms with Crippen LogP contribution in [0.5, 0.6) is 0 Å². The Hall–Kier alpha value is -2.14. The van der Waals surface area contributed by atoms with E-state index in [2.05, 4.69) is 40.7 Å². The summed E-state index contributed by atoms with van der Waals surface area (Å²) in [6.45, 7) is 2.80. The maximum atomic E-state index is 13.1. The Morgan fingerprint density at radius 2 is 1.84 bits per heavy atom. The van der Waals surface area contributed by atoms with Crippen molar-refractivity contribution >= 4 is 5.91 Å². The minimum Gasteiger partial charge on any atom is -0.337 e. The van der Waals surface area contributed by atoms with Gasteiger partial charge < -0.3 is 10.2 Å². The van der Waals surface area contributed by atoms with Crippen molar-refractivity contribution < 1.29 is 4.79 Å². The highest BCUT2D eigenvalue weighted by Crippen LogP contribution is 2.39. The van der Waals surface area contributed by atoms with Crippen LogP contribution in [0, 0.1) is 0 Å². The van der Waals surface area contributed by atoms with Gasteiger partial charge in [-0.1, -0.05) is 49.6 Å². The van der Waals surface area contributed by atoms with Gasteiger partial charge in [0.2, 0.25) is 0 Å². The Morgan fingerprint density at radius 3 is 2.58 bits per heavy atom. The standard InChI is InChI=1S/C26H36N4O/c1-29-23-13-12-21(18-22(23)24(28-29)25(31)30-16-8-9-17-30)27-19-26(14-6-3-7-15-26)20-10-4-2-5-11-20/h2,4-5,10-11,21,27H,3,6-9,12-19H2,1H3/t21-/m1/s1. The van der Waals surface area contributed by atoms with Crippen LogP contribution in [0.25, 0.3) is 0 Å². The molecule has 1 aromatic heterocycles. The van der Waals surface area contributed by atoms with Gasteiger partial charge in [0.15, 0.2) is 5.69 Å². The van der Waals surface area contributed by atoms with Crippen LogP contribution in [0.4, 0.5) is 0 Å². The number of nitrogens with one attached hydrogen (secondary N) is 1. The minimum atomic E-state index is 0.142. The maximum Gasteiger partial charge on any atom is 0.274 e. The first-order chi connectivity index (χ1) is 15.2. The third kappa shape index (κ3) is 4.05. The number of amides is 1. The van der Waals surface area contributed by atoms with Crippen LogP contribution in [-0.4, -0.2) is 46.3 Å². The van der Waals surface area contributed by atoms with Crippen molar-refractivity contribution in [3.05, 3.63) is 52.8 Å². The lowest BCUT2D eigenvalue weighted by atomic mass is 9.69. The van der Waals surface area contributed by atoms with Gasteiger partial charge in [0.05, 0.1) is 0 Å². The predicted octanol–water partition coefficient (Wildman–Crippen LogP) is 4.01. The summed E-state index contributed by atoms with van der Waals surface area (Å²) in [6.07, 6.45) is 11.8. The number of likely N-dealkylation sites (tertiary alicyclic amines) is 1. The zero-order valence-corrected chi connectivity index (χ0v) is 18.9. The van der Waals surface area contributed by atoms with E-state index >= 15 is 0 Å². The van der Waals surface area contributed by atoms with E-state index in [4.69, 9.17) is 0 Å². The molecule has 5 rings (SSSR count). The molecule has 1 N–H and O–H groups in total. The molecule has 1 saturated carbocycles. The maximum absolute atomic E-state index is 13.1. The highest BCUT2D eigenvalue weighted by Gasteiger charge is 2.36. The smallest absolute Gasteiger partial charge is 0.274 e. The third-order valence-electron chi connectivity index (χ3n) is 7.98. The molecule has 1 aromatic carbocycles. The summed E-state index contributed by atoms with van der Waals surface area (Å²) in [7, 11) is 2.00. The third-order valence-corrected chi connectivity index (χ3v) is 7.98. The monoisotopic (exact) mass is 420 g/mol. The van der Waals surface area contributed by atoms with Crippen molar-refractivity contribution in [2.75, 3.05) is 19.6 Å². The second-order valence-corrected chi connectivity index (χ2v) is 9.92. The number of aromatic nitrogens is 2. The van der Waals surface area contributed by atoms with Gasteiger partial charge in [-0.05, 0) is 50.5 Å². The van der Waals surface area contributed by atoms with Gasteiger partial charge in [-0.15, -0.1) is 0 Å². The number of hydrogen-bond acceptors (Lipinski definition) is 3. The molecule has 0 radical (unpaired) electrons. The first kappa shape index (κ1) is 20.7. The van der Waals surface area contributed by atoms with Crippen molar-refractivity contribution in [3.63, 3.8) is 0 Å². The van der Waals surface area contributed by atoms with Crippen molar-refractivity contribution in [2.24, 2.45) is 7.05 Å². The minimum absolute atomic E-state index is 0.142. The van der Waals surface area contributed by atoms with Crippen molar-refractivity contribution in [3.8, 4) is 0 Å². The highest BCUT2D eigenvalue weighted by atomic mass is 16.2. The van der Waals surface area contributed by atoms with Crippen molar-refractivity contribution in [1.29, 1.82) is 0 Å². The molecule has 1 amide bonds. The average molecular weight is 421 g/mol. The molecule has 5 heteroatoms. The van der Waals surface area contributed by atoms with E-state index in [1.165, 1.54) is 48.9 Å². The Bertz CT molecular complexity index is 907. The number of benzene rings is 1. The largest absolute Gasteiger partial charge is 0.337 e. The van der Waals surface area contributed by atoms with Gasteiger partial charge in [0, 0.05) is 49.4 Å². The first-order valence-corrected chi connectivity index (χ1v) is 12.3. The lowest BCUT2D eigenvalue weighted by Gasteiger charge is -2.40. The summed E-state index contributed by atoms with van der Waals surface area (Å²) in [6, 6.07) is 11.6. The van der Waals surface area contributed by atoms with Gasteiger partial charge in [0.25, 0.3) is 5.91 Å². The van der Waals surface area contributed by atoms with E-state index in [1.807, 2.05) is 16.6 Å². The van der Waals surface area contributed by atoms with Gasteiger partial charge >= 0.3 is 0 Å². The van der Waals surface area contributed by atoms with Crippen LogP contribution in [0.3, 0.4) is 0 Å². The zero-order valence-electron chi connectivity index (χ0n) is 18.9. The second kappa shape index (κ2) is 8.78. The Kier molecular flexibility index (Phi) is 5.87. The lowest BCUT2D eigenvalue weighted by molar-refractivity contribution is 0.0785. The lowest BCUT2D eigenvalue weighted by Crippen LogP contribution is -2.45. The van der Waals surface area contributed by atoms with E-state index in [1.54, 1.807) is 0 Å². The summed E-state index contributed by atoms with van der Waals surface area (Å²) < 4.78 is 1.96. The molecule has 5 nitrogen and oxygen atoms in total. The molecule has 2 aliphatic carbocycles. The van der Waals surface area contributed by atoms with Crippen LogP contribution in [-0.2, 0) is 25.3 Å². The quantitative estimate of drug-likeness (QED) is 0.795. The number of rotatable bonds is 5. The normalized spacial score (nSPS) is 23.0. The summed E-state index contributed by atoms with van der Waals surface area (Å²) in [5.41, 5.74) is 4.91. The van der Waals surface area contributed by atoms with Crippen molar-refractivity contribution in [2.45, 2.75) is 75.7 Å².